The van der Waals surface area contributed by atoms with Gasteiger partial charge in [-0.15, -0.1) is 34.0 Å². The van der Waals surface area contributed by atoms with Gasteiger partial charge >= 0.3 is 0 Å². The minimum atomic E-state index is -0.0201. The molecular formula is C28H32Br2N4O2. The molecule has 1 aromatic heterocycles. The van der Waals surface area contributed by atoms with Gasteiger partial charge in [-0.1, -0.05) is 67.6 Å². The van der Waals surface area contributed by atoms with E-state index in [1.807, 2.05) is 77.4 Å². The van der Waals surface area contributed by atoms with Gasteiger partial charge in [-0.2, -0.15) is 0 Å². The molecule has 0 atom stereocenters. The van der Waals surface area contributed by atoms with E-state index in [2.05, 4.69) is 13.0 Å². The number of nitrogens with zero attached hydrogens (tertiary/aromatic N) is 3. The first kappa shape index (κ1) is 29.3. The smallest absolute Gasteiger partial charge is 0.253 e. The molecule has 190 valence electrons. The summed E-state index contributed by atoms with van der Waals surface area (Å²) in [5, 5.41) is 8.90. The van der Waals surface area contributed by atoms with Crippen molar-refractivity contribution in [3.63, 3.8) is 0 Å². The first-order chi connectivity index (χ1) is 16.5. The summed E-state index contributed by atoms with van der Waals surface area (Å²) in [4.78, 5) is 27.3. The molecule has 0 unspecified atom stereocenters. The number of aryl methyl sites for hydroxylation is 2. The van der Waals surface area contributed by atoms with Crippen LogP contribution in [0.4, 0.5) is 0 Å². The maximum atomic E-state index is 12.9. The number of imidazole rings is 1. The number of carbonyl (C=O) groups is 2. The number of fused-ring (bicyclic) bond motifs is 1. The zero-order valence-electron chi connectivity index (χ0n) is 20.5. The van der Waals surface area contributed by atoms with Crippen LogP contribution in [0, 0.1) is 5.41 Å². The molecule has 0 fully saturated rings. The van der Waals surface area contributed by atoms with E-state index in [0.717, 1.165) is 23.0 Å². The van der Waals surface area contributed by atoms with Gasteiger partial charge in [0.1, 0.15) is 0 Å². The predicted molar refractivity (Wildman–Crippen MR) is 155 cm³/mol. The molecule has 0 radical (unpaired) electrons. The molecule has 0 saturated carbocycles. The number of ketones is 1. The van der Waals surface area contributed by atoms with Crippen molar-refractivity contribution in [3.05, 3.63) is 101 Å². The van der Waals surface area contributed by atoms with Crippen LogP contribution < -0.4 is 5.62 Å². The second-order valence-corrected chi connectivity index (χ2v) is 8.44. The molecule has 8 heteroatoms. The minimum Gasteiger partial charge on any atom is -0.342 e. The third kappa shape index (κ3) is 6.23. The van der Waals surface area contributed by atoms with Crippen molar-refractivity contribution in [3.8, 4) is 0 Å². The molecule has 0 saturated heterocycles. The van der Waals surface area contributed by atoms with Crippen molar-refractivity contribution >= 4 is 56.7 Å². The lowest BCUT2D eigenvalue weighted by atomic mass is 10.1. The Hall–Kier alpha value is -2.97. The summed E-state index contributed by atoms with van der Waals surface area (Å²) in [5.41, 5.74) is 4.64. The summed E-state index contributed by atoms with van der Waals surface area (Å²) >= 11 is 0. The number of nitrogens with one attached hydrogen (secondary N) is 1. The Morgan fingerprint density at radius 2 is 1.44 bits per heavy atom. The molecule has 0 spiro atoms. The number of aromatic nitrogens is 2. The van der Waals surface area contributed by atoms with Crippen molar-refractivity contribution in [2.45, 2.75) is 32.9 Å². The zero-order chi connectivity index (χ0) is 24.1. The number of hydrogen-bond donors (Lipinski definition) is 1. The van der Waals surface area contributed by atoms with E-state index < -0.39 is 0 Å². The monoisotopic (exact) mass is 614 g/mol. The summed E-state index contributed by atoms with van der Waals surface area (Å²) < 4.78 is 3.77. The first-order valence-electron chi connectivity index (χ1n) is 11.7. The molecule has 1 amide bonds. The summed E-state index contributed by atoms with van der Waals surface area (Å²) in [6.07, 6.45) is 1.54. The number of rotatable bonds is 9. The Morgan fingerprint density at radius 3 is 2.06 bits per heavy atom. The molecule has 3 aromatic carbocycles. The van der Waals surface area contributed by atoms with Crippen LogP contribution in [0.1, 0.15) is 39.6 Å². The van der Waals surface area contributed by atoms with Gasteiger partial charge in [0.15, 0.2) is 5.78 Å². The van der Waals surface area contributed by atoms with Crippen LogP contribution in [-0.4, -0.2) is 39.3 Å². The van der Waals surface area contributed by atoms with Gasteiger partial charge in [0.2, 0.25) is 5.62 Å². The van der Waals surface area contributed by atoms with E-state index in [-0.39, 0.29) is 52.2 Å². The molecule has 4 rings (SSSR count). The Morgan fingerprint density at radius 1 is 0.833 bits per heavy atom. The molecule has 4 aromatic rings. The molecule has 1 heterocycles. The third-order valence-electron chi connectivity index (χ3n) is 6.19. The molecule has 0 aliphatic rings. The Labute approximate surface area is 232 Å². The van der Waals surface area contributed by atoms with Gasteiger partial charge in [0.05, 0.1) is 17.6 Å². The number of amides is 1. The van der Waals surface area contributed by atoms with E-state index in [1.54, 1.807) is 16.5 Å². The second-order valence-electron chi connectivity index (χ2n) is 8.44. The van der Waals surface area contributed by atoms with Gasteiger partial charge in [0, 0.05) is 31.3 Å². The van der Waals surface area contributed by atoms with Gasteiger partial charge in [0.25, 0.3) is 5.91 Å². The Kier molecular flexibility index (Phi) is 10.9. The number of halogens is 2. The average molecular weight is 616 g/mol. The fourth-order valence-corrected chi connectivity index (χ4v) is 4.36. The van der Waals surface area contributed by atoms with Crippen LogP contribution >= 0.6 is 34.0 Å². The maximum absolute atomic E-state index is 12.9. The zero-order valence-corrected chi connectivity index (χ0v) is 23.9. The standard InChI is InChI=1S/C28H30N4O2.2BrH/c1-3-21-16-10-17-24-26(21)31(19-11-18-30(2)27(34)23-14-8-5-9-15-23)28(29)32(24)20-25(33)22-12-6-4-7-13-22;;/h4-10,12-17,29H,3,11,18-20H2,1-2H3;2*1H. The lowest BCUT2D eigenvalue weighted by Gasteiger charge is -2.17. The van der Waals surface area contributed by atoms with E-state index in [0.29, 0.717) is 36.3 Å². The molecule has 1 N–H and O–H groups in total. The first-order valence-corrected chi connectivity index (χ1v) is 11.7. The van der Waals surface area contributed by atoms with Crippen molar-refractivity contribution in [1.29, 1.82) is 5.41 Å². The van der Waals surface area contributed by atoms with Gasteiger partial charge in [-0.05, 0) is 36.6 Å². The number of hydrogen-bond acceptors (Lipinski definition) is 3. The SMILES string of the molecule is Br.Br.CCc1cccc2c1n(CCCN(C)C(=O)c1ccccc1)c(=N)n2CC(=O)c1ccccc1. The van der Waals surface area contributed by atoms with Gasteiger partial charge in [-0.3, -0.25) is 15.0 Å². The molecule has 0 aliphatic carbocycles. The molecule has 6 nitrogen and oxygen atoms in total. The summed E-state index contributed by atoms with van der Waals surface area (Å²) in [7, 11) is 1.81. The second kappa shape index (κ2) is 13.4. The fourth-order valence-electron chi connectivity index (χ4n) is 4.36. The highest BCUT2D eigenvalue weighted by Gasteiger charge is 2.17. The van der Waals surface area contributed by atoms with E-state index >= 15 is 0 Å². The number of benzene rings is 3. The van der Waals surface area contributed by atoms with Crippen molar-refractivity contribution in [1.82, 2.24) is 14.0 Å². The van der Waals surface area contributed by atoms with Crippen LogP contribution in [0.5, 0.6) is 0 Å². The number of Topliss-reactive ketones (excluding diaryl/α,β-unsaturated/α-hetero) is 1. The molecule has 0 bridgehead atoms. The van der Waals surface area contributed by atoms with Crippen LogP contribution in [0.2, 0.25) is 0 Å². The highest BCUT2D eigenvalue weighted by Crippen LogP contribution is 2.20. The maximum Gasteiger partial charge on any atom is 0.253 e. The van der Waals surface area contributed by atoms with Gasteiger partial charge < -0.3 is 14.0 Å². The van der Waals surface area contributed by atoms with E-state index in [9.17, 15) is 9.59 Å². The van der Waals surface area contributed by atoms with E-state index in [4.69, 9.17) is 5.41 Å². The van der Waals surface area contributed by atoms with Crippen molar-refractivity contribution in [2.75, 3.05) is 13.6 Å². The third-order valence-corrected chi connectivity index (χ3v) is 6.19. The van der Waals surface area contributed by atoms with Crippen molar-refractivity contribution in [2.24, 2.45) is 0 Å². The van der Waals surface area contributed by atoms with Crippen LogP contribution in [0.3, 0.4) is 0 Å². The lowest BCUT2D eigenvalue weighted by Crippen LogP contribution is -2.31. The number of para-hydroxylation sites is 1. The quantitative estimate of drug-likeness (QED) is 0.246. The average Bonchev–Trinajstić information content (AvgIpc) is 3.15. The largest absolute Gasteiger partial charge is 0.342 e. The highest BCUT2D eigenvalue weighted by molar-refractivity contribution is 8.93. The summed E-state index contributed by atoms with van der Waals surface area (Å²) in [6.45, 7) is 3.38. The van der Waals surface area contributed by atoms with E-state index in [1.165, 1.54) is 0 Å². The molecular weight excluding hydrogens is 584 g/mol. The topological polar surface area (TPSA) is 71.1 Å². The van der Waals surface area contributed by atoms with Gasteiger partial charge in [-0.25, -0.2) is 0 Å². The normalized spacial score (nSPS) is 10.4. The lowest BCUT2D eigenvalue weighted by molar-refractivity contribution is 0.0791. The fraction of sp³-hybridized carbons (Fsp3) is 0.250. The Balaban J connectivity index is 0.00000228. The highest BCUT2D eigenvalue weighted by atomic mass is 79.9. The van der Waals surface area contributed by atoms with Crippen LogP contribution in [0.25, 0.3) is 11.0 Å². The minimum absolute atomic E-state index is 0. The Bertz CT molecular complexity index is 1370. The summed E-state index contributed by atoms with van der Waals surface area (Å²) in [6, 6.07) is 24.5. The number of carbonyl (C=O) groups excluding carboxylic acids is 2. The van der Waals surface area contributed by atoms with Crippen LogP contribution in [-0.2, 0) is 19.5 Å². The van der Waals surface area contributed by atoms with Crippen molar-refractivity contribution < 1.29 is 9.59 Å². The van der Waals surface area contributed by atoms with Crippen LogP contribution in [0.15, 0.2) is 78.9 Å². The molecule has 36 heavy (non-hydrogen) atoms. The summed E-state index contributed by atoms with van der Waals surface area (Å²) in [5.74, 6) is -0.0323. The molecule has 0 aliphatic heterocycles. The predicted octanol–water partition coefficient (Wildman–Crippen LogP) is 5.69.